The number of ether oxygens (including phenoxy) is 1. The predicted molar refractivity (Wildman–Crippen MR) is 91.7 cm³/mol. The summed E-state index contributed by atoms with van der Waals surface area (Å²) in [6, 6.07) is 11.0. The maximum absolute atomic E-state index is 12.3. The van der Waals surface area contributed by atoms with E-state index in [9.17, 15) is 14.9 Å². The first-order chi connectivity index (χ1) is 11.4. The normalized spacial score (nSPS) is 11.6. The van der Waals surface area contributed by atoms with E-state index in [0.717, 1.165) is 17.4 Å². The van der Waals surface area contributed by atoms with Gasteiger partial charge in [0.1, 0.15) is 12.4 Å². The molecular weight excluding hydrogens is 332 g/mol. The van der Waals surface area contributed by atoms with Crippen molar-refractivity contribution in [1.82, 2.24) is 5.32 Å². The van der Waals surface area contributed by atoms with Crippen LogP contribution in [0.4, 0.5) is 5.69 Å². The fourth-order valence-electron chi connectivity index (χ4n) is 2.08. The summed E-state index contributed by atoms with van der Waals surface area (Å²) in [5.41, 5.74) is 0.875. The minimum absolute atomic E-state index is 0.0635. The minimum Gasteiger partial charge on any atom is -0.491 e. The van der Waals surface area contributed by atoms with E-state index in [2.05, 4.69) is 5.32 Å². The second-order valence-corrected chi connectivity index (χ2v) is 5.78. The number of non-ortho nitro benzene ring substituents is 1. The highest BCUT2D eigenvalue weighted by atomic mass is 35.5. The van der Waals surface area contributed by atoms with Gasteiger partial charge in [0.25, 0.3) is 11.6 Å². The molecule has 24 heavy (non-hydrogen) atoms. The van der Waals surface area contributed by atoms with Gasteiger partial charge in [-0.2, -0.15) is 0 Å². The fraction of sp³-hybridized carbons (Fsp3) is 0.235. The van der Waals surface area contributed by atoms with Crippen LogP contribution in [0.3, 0.4) is 0 Å². The van der Waals surface area contributed by atoms with E-state index >= 15 is 0 Å². The van der Waals surface area contributed by atoms with Crippen molar-refractivity contribution in [3.05, 3.63) is 68.7 Å². The third-order valence-electron chi connectivity index (χ3n) is 3.37. The molecular formula is C17H17ClN2O4. The number of rotatable bonds is 6. The van der Waals surface area contributed by atoms with Crippen LogP contribution >= 0.6 is 11.6 Å². The van der Waals surface area contributed by atoms with Crippen LogP contribution in [0.25, 0.3) is 0 Å². The van der Waals surface area contributed by atoms with Gasteiger partial charge in [-0.25, -0.2) is 0 Å². The van der Waals surface area contributed by atoms with Gasteiger partial charge < -0.3 is 10.1 Å². The monoisotopic (exact) mass is 348 g/mol. The van der Waals surface area contributed by atoms with Gasteiger partial charge in [-0.05, 0) is 31.5 Å². The molecule has 0 aliphatic carbocycles. The molecule has 1 unspecified atom stereocenters. The Bertz CT molecular complexity index is 764. The van der Waals surface area contributed by atoms with Gasteiger partial charge in [-0.15, -0.1) is 0 Å². The van der Waals surface area contributed by atoms with Crippen LogP contribution in [0.15, 0.2) is 42.5 Å². The zero-order valence-corrected chi connectivity index (χ0v) is 14.0. The maximum atomic E-state index is 12.3. The predicted octanol–water partition coefficient (Wildman–Crippen LogP) is 3.75. The highest BCUT2D eigenvalue weighted by molar-refractivity contribution is 6.33. The van der Waals surface area contributed by atoms with Crippen molar-refractivity contribution in [1.29, 1.82) is 0 Å². The molecule has 2 rings (SSSR count). The Hall–Kier alpha value is -2.60. The Kier molecular flexibility index (Phi) is 5.76. The Morgan fingerprint density at radius 2 is 2.04 bits per heavy atom. The molecule has 0 fully saturated rings. The Labute approximate surface area is 144 Å². The third kappa shape index (κ3) is 4.45. The van der Waals surface area contributed by atoms with Crippen molar-refractivity contribution >= 4 is 23.2 Å². The van der Waals surface area contributed by atoms with Crippen molar-refractivity contribution in [2.45, 2.75) is 19.9 Å². The number of carbonyl (C=O) groups excluding carboxylic acids is 1. The standard InChI is InChI=1S/C17H17ClN2O4/c1-11-5-3-4-6-16(11)24-10-12(2)19-17(21)14-9-13(20(22)23)7-8-15(14)18/h3-9,12H,10H2,1-2H3,(H,19,21). The number of hydrogen-bond acceptors (Lipinski definition) is 4. The number of nitro benzene ring substituents is 1. The number of aryl methyl sites for hydroxylation is 1. The first kappa shape index (κ1) is 17.7. The summed E-state index contributed by atoms with van der Waals surface area (Å²) in [5.74, 6) is 0.261. The zero-order chi connectivity index (χ0) is 17.7. The Morgan fingerprint density at radius 3 is 2.71 bits per heavy atom. The van der Waals surface area contributed by atoms with Crippen molar-refractivity contribution in [3.63, 3.8) is 0 Å². The van der Waals surface area contributed by atoms with Gasteiger partial charge in [0, 0.05) is 12.1 Å². The molecule has 0 heterocycles. The Balaban J connectivity index is 2.00. The number of halogens is 1. The van der Waals surface area contributed by atoms with Gasteiger partial charge >= 0.3 is 0 Å². The fourth-order valence-corrected chi connectivity index (χ4v) is 2.28. The number of nitrogens with zero attached hydrogens (tertiary/aromatic N) is 1. The van der Waals surface area contributed by atoms with Gasteiger partial charge in [0.2, 0.25) is 0 Å². The Morgan fingerprint density at radius 1 is 1.33 bits per heavy atom. The lowest BCUT2D eigenvalue weighted by molar-refractivity contribution is -0.384. The number of nitrogens with one attached hydrogen (secondary N) is 1. The first-order valence-electron chi connectivity index (χ1n) is 7.31. The lowest BCUT2D eigenvalue weighted by Gasteiger charge is -2.16. The quantitative estimate of drug-likeness (QED) is 0.636. The maximum Gasteiger partial charge on any atom is 0.270 e. The molecule has 0 spiro atoms. The summed E-state index contributed by atoms with van der Waals surface area (Å²) in [5, 5.41) is 13.7. The van der Waals surface area contributed by atoms with Crippen LogP contribution in [0, 0.1) is 17.0 Å². The highest BCUT2D eigenvalue weighted by Crippen LogP contribution is 2.22. The molecule has 0 radical (unpaired) electrons. The van der Waals surface area contributed by atoms with E-state index < -0.39 is 10.8 Å². The molecule has 1 N–H and O–H groups in total. The zero-order valence-electron chi connectivity index (χ0n) is 13.3. The van der Waals surface area contributed by atoms with E-state index in [0.29, 0.717) is 0 Å². The highest BCUT2D eigenvalue weighted by Gasteiger charge is 2.17. The summed E-state index contributed by atoms with van der Waals surface area (Å²) in [7, 11) is 0. The molecule has 0 aromatic heterocycles. The lowest BCUT2D eigenvalue weighted by atomic mass is 10.1. The molecule has 0 bridgehead atoms. The van der Waals surface area contributed by atoms with Gasteiger partial charge in [-0.3, -0.25) is 14.9 Å². The van der Waals surface area contributed by atoms with E-state index in [-0.39, 0.29) is 28.9 Å². The van der Waals surface area contributed by atoms with Crippen molar-refractivity contribution in [2.75, 3.05) is 6.61 Å². The largest absolute Gasteiger partial charge is 0.491 e. The van der Waals surface area contributed by atoms with Crippen molar-refractivity contribution in [2.24, 2.45) is 0 Å². The molecule has 2 aromatic carbocycles. The van der Waals surface area contributed by atoms with Gasteiger partial charge in [0.15, 0.2) is 0 Å². The molecule has 6 nitrogen and oxygen atoms in total. The smallest absolute Gasteiger partial charge is 0.270 e. The second-order valence-electron chi connectivity index (χ2n) is 5.37. The molecule has 0 saturated heterocycles. The van der Waals surface area contributed by atoms with Crippen LogP contribution in [-0.2, 0) is 0 Å². The van der Waals surface area contributed by atoms with Crippen molar-refractivity contribution < 1.29 is 14.5 Å². The number of nitro groups is 1. The summed E-state index contributed by atoms with van der Waals surface area (Å²) in [6.07, 6.45) is 0. The van der Waals surface area contributed by atoms with Crippen LogP contribution in [0.5, 0.6) is 5.75 Å². The van der Waals surface area contributed by atoms with Crippen LogP contribution in [0.1, 0.15) is 22.8 Å². The van der Waals surface area contributed by atoms with Crippen LogP contribution in [-0.4, -0.2) is 23.5 Å². The lowest BCUT2D eigenvalue weighted by Crippen LogP contribution is -2.37. The number of hydrogen-bond donors (Lipinski definition) is 1. The van der Waals surface area contributed by atoms with E-state index in [1.54, 1.807) is 6.92 Å². The molecule has 0 aliphatic rings. The molecule has 2 aromatic rings. The average molecular weight is 349 g/mol. The number of amides is 1. The number of para-hydroxylation sites is 1. The molecule has 0 aliphatic heterocycles. The molecule has 0 saturated carbocycles. The number of benzene rings is 2. The average Bonchev–Trinajstić information content (AvgIpc) is 2.54. The molecule has 7 heteroatoms. The van der Waals surface area contributed by atoms with Gasteiger partial charge in [0.05, 0.1) is 21.6 Å². The topological polar surface area (TPSA) is 81.5 Å². The van der Waals surface area contributed by atoms with E-state index in [1.165, 1.54) is 12.1 Å². The molecule has 1 amide bonds. The molecule has 126 valence electrons. The van der Waals surface area contributed by atoms with Gasteiger partial charge in [-0.1, -0.05) is 29.8 Å². The summed E-state index contributed by atoms with van der Waals surface area (Å²) in [4.78, 5) is 22.5. The second kappa shape index (κ2) is 7.79. The number of carbonyl (C=O) groups is 1. The third-order valence-corrected chi connectivity index (χ3v) is 3.69. The summed E-state index contributed by atoms with van der Waals surface area (Å²) < 4.78 is 5.67. The van der Waals surface area contributed by atoms with Crippen LogP contribution < -0.4 is 10.1 Å². The van der Waals surface area contributed by atoms with Crippen molar-refractivity contribution in [3.8, 4) is 5.75 Å². The van der Waals surface area contributed by atoms with E-state index in [1.807, 2.05) is 31.2 Å². The van der Waals surface area contributed by atoms with Crippen LogP contribution in [0.2, 0.25) is 5.02 Å². The summed E-state index contributed by atoms with van der Waals surface area (Å²) in [6.45, 7) is 3.98. The first-order valence-corrected chi connectivity index (χ1v) is 7.69. The SMILES string of the molecule is Cc1ccccc1OCC(C)NC(=O)c1cc([N+](=O)[O-])ccc1Cl. The van der Waals surface area contributed by atoms with E-state index in [4.69, 9.17) is 16.3 Å². The summed E-state index contributed by atoms with van der Waals surface area (Å²) >= 11 is 5.96. The minimum atomic E-state index is -0.572. The molecule has 1 atom stereocenters.